The van der Waals surface area contributed by atoms with Crippen LogP contribution in [-0.2, 0) is 6.42 Å². The molecule has 0 unspecified atom stereocenters. The van der Waals surface area contributed by atoms with Crippen LogP contribution in [0, 0.1) is 5.92 Å². The fourth-order valence-electron chi connectivity index (χ4n) is 4.03. The van der Waals surface area contributed by atoms with Crippen LogP contribution in [0.3, 0.4) is 0 Å². The fraction of sp³-hybridized carbons (Fsp3) is 0.400. The van der Waals surface area contributed by atoms with E-state index < -0.39 is 5.97 Å². The van der Waals surface area contributed by atoms with Gasteiger partial charge in [-0.25, -0.2) is 9.78 Å². The number of aromatic nitrogens is 2. The van der Waals surface area contributed by atoms with E-state index in [9.17, 15) is 9.90 Å². The molecule has 3 aromatic rings. The number of hydrogen-bond donors (Lipinski definition) is 1. The monoisotopic (exact) mass is 354 g/mol. The molecule has 5 heteroatoms. The first-order chi connectivity index (χ1) is 12.1. The number of carbonyl (C=O) groups is 1. The maximum atomic E-state index is 11.3. The van der Waals surface area contributed by atoms with Gasteiger partial charge < -0.3 is 9.67 Å². The molecule has 0 spiro atoms. The first-order valence-corrected chi connectivity index (χ1v) is 9.78. The van der Waals surface area contributed by atoms with E-state index in [2.05, 4.69) is 29.0 Å². The normalized spacial score (nSPS) is 20.8. The molecular weight excluding hydrogens is 332 g/mol. The van der Waals surface area contributed by atoms with Gasteiger partial charge in [-0.05, 0) is 48.4 Å². The van der Waals surface area contributed by atoms with E-state index in [1.807, 2.05) is 6.07 Å². The lowest BCUT2D eigenvalue weighted by molar-refractivity contribution is 0.0697. The van der Waals surface area contributed by atoms with E-state index in [0.717, 1.165) is 23.3 Å². The molecule has 2 aromatic heterocycles. The summed E-state index contributed by atoms with van der Waals surface area (Å²) in [6, 6.07) is 10.0. The number of benzene rings is 1. The van der Waals surface area contributed by atoms with Crippen molar-refractivity contribution in [3.05, 3.63) is 52.0 Å². The van der Waals surface area contributed by atoms with E-state index in [-0.39, 0.29) is 0 Å². The van der Waals surface area contributed by atoms with E-state index in [4.69, 9.17) is 4.98 Å². The summed E-state index contributed by atoms with van der Waals surface area (Å²) in [5, 5.41) is 11.4. The van der Waals surface area contributed by atoms with Crippen LogP contribution in [0.25, 0.3) is 11.0 Å². The third kappa shape index (κ3) is 3.09. The zero-order valence-electron chi connectivity index (χ0n) is 14.3. The Morgan fingerprint density at radius 2 is 2.16 bits per heavy atom. The van der Waals surface area contributed by atoms with Crippen molar-refractivity contribution in [3.8, 4) is 0 Å². The van der Waals surface area contributed by atoms with Gasteiger partial charge in [0.1, 0.15) is 5.82 Å². The summed E-state index contributed by atoms with van der Waals surface area (Å²) in [6.45, 7) is 2.33. The average molecular weight is 354 g/mol. The van der Waals surface area contributed by atoms with Crippen LogP contribution in [0.1, 0.15) is 59.7 Å². The Balaban J connectivity index is 1.85. The maximum Gasteiger partial charge on any atom is 0.335 e. The minimum Gasteiger partial charge on any atom is -0.478 e. The van der Waals surface area contributed by atoms with E-state index in [0.29, 0.717) is 17.5 Å². The molecule has 1 saturated carbocycles. The smallest absolute Gasteiger partial charge is 0.335 e. The topological polar surface area (TPSA) is 55.1 Å². The number of carboxylic acids is 1. The van der Waals surface area contributed by atoms with Gasteiger partial charge in [0, 0.05) is 17.3 Å². The number of imidazole rings is 1. The summed E-state index contributed by atoms with van der Waals surface area (Å²) in [5.41, 5.74) is 2.16. The Kier molecular flexibility index (Phi) is 4.34. The van der Waals surface area contributed by atoms with Crippen molar-refractivity contribution in [2.24, 2.45) is 5.92 Å². The second-order valence-electron chi connectivity index (χ2n) is 6.99. The van der Waals surface area contributed by atoms with Crippen molar-refractivity contribution >= 4 is 28.3 Å². The molecule has 0 amide bonds. The van der Waals surface area contributed by atoms with Crippen LogP contribution < -0.4 is 0 Å². The third-order valence-corrected chi connectivity index (χ3v) is 6.20. The lowest BCUT2D eigenvalue weighted by atomic mass is 9.85. The molecule has 0 saturated heterocycles. The minimum absolute atomic E-state index is 0.302. The van der Waals surface area contributed by atoms with Gasteiger partial charge in [0.15, 0.2) is 0 Å². The summed E-state index contributed by atoms with van der Waals surface area (Å²) >= 11 is 1.74. The summed E-state index contributed by atoms with van der Waals surface area (Å²) in [5.74, 6) is 0.772. The van der Waals surface area contributed by atoms with Crippen LogP contribution in [0.5, 0.6) is 0 Å². The molecule has 2 atom stereocenters. The number of hydrogen-bond acceptors (Lipinski definition) is 3. The fourth-order valence-corrected chi connectivity index (χ4v) is 4.73. The predicted octanol–water partition coefficient (Wildman–Crippen LogP) is 5.14. The second-order valence-corrected chi connectivity index (χ2v) is 8.02. The number of carboxylic acid groups (broad SMARTS) is 1. The van der Waals surface area contributed by atoms with Crippen LogP contribution in [0.4, 0.5) is 0 Å². The van der Waals surface area contributed by atoms with Gasteiger partial charge in [-0.1, -0.05) is 25.8 Å². The molecule has 1 aliphatic rings. The largest absolute Gasteiger partial charge is 0.478 e. The maximum absolute atomic E-state index is 11.3. The minimum atomic E-state index is -0.901. The molecule has 1 aliphatic carbocycles. The Bertz CT molecular complexity index is 898. The average Bonchev–Trinajstić information content (AvgIpc) is 3.22. The zero-order valence-corrected chi connectivity index (χ0v) is 15.1. The van der Waals surface area contributed by atoms with E-state index >= 15 is 0 Å². The summed E-state index contributed by atoms with van der Waals surface area (Å²) in [6.07, 6.45) is 5.77. The van der Waals surface area contributed by atoms with Crippen LogP contribution in [0.15, 0.2) is 35.7 Å². The first-order valence-electron chi connectivity index (χ1n) is 8.90. The summed E-state index contributed by atoms with van der Waals surface area (Å²) in [4.78, 5) is 17.5. The highest BCUT2D eigenvalue weighted by Crippen LogP contribution is 2.37. The quantitative estimate of drug-likeness (QED) is 0.706. The van der Waals surface area contributed by atoms with Crippen molar-refractivity contribution in [3.63, 3.8) is 0 Å². The molecule has 4 nitrogen and oxygen atoms in total. The number of fused-ring (bicyclic) bond motifs is 1. The highest BCUT2D eigenvalue weighted by atomic mass is 32.1. The molecule has 25 heavy (non-hydrogen) atoms. The lowest BCUT2D eigenvalue weighted by Crippen LogP contribution is -2.22. The predicted molar refractivity (Wildman–Crippen MR) is 100 cm³/mol. The highest BCUT2D eigenvalue weighted by Gasteiger charge is 2.27. The second kappa shape index (κ2) is 6.64. The molecule has 0 radical (unpaired) electrons. The first kappa shape index (κ1) is 16.3. The highest BCUT2D eigenvalue weighted by molar-refractivity contribution is 7.09. The van der Waals surface area contributed by atoms with Crippen LogP contribution >= 0.6 is 11.3 Å². The van der Waals surface area contributed by atoms with Crippen molar-refractivity contribution in [1.29, 1.82) is 0 Å². The SMILES string of the molecule is C[C@@H]1CCCC[C@H]1n1c(Cc2cccs2)nc2cc(C(=O)O)ccc21. The Hall–Kier alpha value is -2.14. The number of rotatable bonds is 4. The van der Waals surface area contributed by atoms with Gasteiger partial charge >= 0.3 is 5.97 Å². The molecule has 1 aromatic carbocycles. The van der Waals surface area contributed by atoms with Gasteiger partial charge in [0.05, 0.1) is 16.6 Å². The standard InChI is InChI=1S/C20H22N2O2S/c1-13-5-2-3-7-17(13)22-18-9-8-14(20(23)24)11-16(18)21-19(22)12-15-6-4-10-25-15/h4,6,8-11,13,17H,2-3,5,7,12H2,1H3,(H,23,24)/t13-,17-/m1/s1. The molecule has 1 N–H and O–H groups in total. The van der Waals surface area contributed by atoms with Crippen molar-refractivity contribution in [2.45, 2.75) is 45.1 Å². The van der Waals surface area contributed by atoms with E-state index in [1.54, 1.807) is 23.5 Å². The van der Waals surface area contributed by atoms with Crippen molar-refractivity contribution in [2.75, 3.05) is 0 Å². The Morgan fingerprint density at radius 1 is 1.32 bits per heavy atom. The van der Waals surface area contributed by atoms with Gasteiger partial charge in [-0.3, -0.25) is 0 Å². The van der Waals surface area contributed by atoms with Gasteiger partial charge in [-0.2, -0.15) is 0 Å². The van der Waals surface area contributed by atoms with Crippen molar-refractivity contribution in [1.82, 2.24) is 9.55 Å². The Labute approximate surface area is 151 Å². The number of aromatic carboxylic acids is 1. The number of nitrogens with zero attached hydrogens (tertiary/aromatic N) is 2. The molecule has 1 fully saturated rings. The zero-order chi connectivity index (χ0) is 17.4. The van der Waals surface area contributed by atoms with Gasteiger partial charge in [0.25, 0.3) is 0 Å². The van der Waals surface area contributed by atoms with Gasteiger partial charge in [-0.15, -0.1) is 11.3 Å². The molecule has 4 rings (SSSR count). The van der Waals surface area contributed by atoms with Gasteiger partial charge in [0.2, 0.25) is 0 Å². The molecular formula is C20H22N2O2S. The third-order valence-electron chi connectivity index (χ3n) is 5.32. The molecule has 2 heterocycles. The molecule has 0 aliphatic heterocycles. The van der Waals surface area contributed by atoms with Crippen molar-refractivity contribution < 1.29 is 9.90 Å². The molecule has 130 valence electrons. The number of thiophene rings is 1. The van der Waals surface area contributed by atoms with Crippen LogP contribution in [0.2, 0.25) is 0 Å². The molecule has 0 bridgehead atoms. The summed E-state index contributed by atoms with van der Waals surface area (Å²) < 4.78 is 2.39. The van der Waals surface area contributed by atoms with Crippen LogP contribution in [-0.4, -0.2) is 20.6 Å². The van der Waals surface area contributed by atoms with E-state index in [1.165, 1.54) is 30.6 Å². The lowest BCUT2D eigenvalue weighted by Gasteiger charge is -2.31. The summed E-state index contributed by atoms with van der Waals surface area (Å²) in [7, 11) is 0. The Morgan fingerprint density at radius 3 is 2.88 bits per heavy atom.